The molecule has 1 N–H and O–H groups in total. The fourth-order valence-corrected chi connectivity index (χ4v) is 3.89. The van der Waals surface area contributed by atoms with Gasteiger partial charge in [-0.3, -0.25) is 4.79 Å². The van der Waals surface area contributed by atoms with E-state index in [9.17, 15) is 9.59 Å². The maximum Gasteiger partial charge on any atom is 0.341 e. The first-order valence-corrected chi connectivity index (χ1v) is 11.4. The summed E-state index contributed by atoms with van der Waals surface area (Å²) in [5.41, 5.74) is 0.954. The topological polar surface area (TPSA) is 73.9 Å². The number of esters is 1. The van der Waals surface area contributed by atoms with E-state index in [1.54, 1.807) is 37.3 Å². The van der Waals surface area contributed by atoms with Gasteiger partial charge in [0.2, 0.25) is 5.91 Å². The Balaban J connectivity index is 1.91. The van der Waals surface area contributed by atoms with Crippen molar-refractivity contribution in [1.82, 2.24) is 0 Å². The number of benzene rings is 2. The lowest BCUT2D eigenvalue weighted by molar-refractivity contribution is -0.125. The highest BCUT2D eigenvalue weighted by Gasteiger charge is 2.41. The van der Waals surface area contributed by atoms with E-state index in [1.165, 1.54) is 0 Å². The SMILES string of the molecule is CCOC(=O)c1cc(NC(=O)C2(c3ccc(Cl)cc3)CCOCC2)ccc1O[C@H](C)CC. The van der Waals surface area contributed by atoms with Gasteiger partial charge in [-0.05, 0) is 69.0 Å². The summed E-state index contributed by atoms with van der Waals surface area (Å²) >= 11 is 6.06. The fraction of sp³-hybridized carbons (Fsp3) is 0.440. The number of amides is 1. The highest BCUT2D eigenvalue weighted by atomic mass is 35.5. The van der Waals surface area contributed by atoms with Crippen molar-refractivity contribution >= 4 is 29.2 Å². The lowest BCUT2D eigenvalue weighted by atomic mass is 9.73. The van der Waals surface area contributed by atoms with Crippen LogP contribution in [0.4, 0.5) is 5.69 Å². The van der Waals surface area contributed by atoms with Crippen LogP contribution in [0, 0.1) is 0 Å². The largest absolute Gasteiger partial charge is 0.490 e. The summed E-state index contributed by atoms with van der Waals surface area (Å²) in [7, 11) is 0. The van der Waals surface area contributed by atoms with Gasteiger partial charge >= 0.3 is 5.97 Å². The molecule has 1 fully saturated rings. The molecule has 32 heavy (non-hydrogen) atoms. The van der Waals surface area contributed by atoms with Crippen LogP contribution in [0.3, 0.4) is 0 Å². The molecule has 0 unspecified atom stereocenters. The highest BCUT2D eigenvalue weighted by Crippen LogP contribution is 2.37. The van der Waals surface area contributed by atoms with Gasteiger partial charge in [-0.25, -0.2) is 4.79 Å². The Hall–Kier alpha value is -2.57. The number of carbonyl (C=O) groups excluding carboxylic acids is 2. The molecule has 2 aromatic rings. The smallest absolute Gasteiger partial charge is 0.341 e. The molecule has 6 nitrogen and oxygen atoms in total. The molecule has 1 heterocycles. The van der Waals surface area contributed by atoms with Crippen LogP contribution in [0.5, 0.6) is 5.75 Å². The quantitative estimate of drug-likeness (QED) is 0.536. The monoisotopic (exact) mass is 459 g/mol. The zero-order chi connectivity index (χ0) is 23.1. The second kappa shape index (κ2) is 10.8. The zero-order valence-electron chi connectivity index (χ0n) is 18.8. The summed E-state index contributed by atoms with van der Waals surface area (Å²) in [6, 6.07) is 12.4. The molecule has 1 amide bonds. The molecule has 1 aliphatic rings. The number of carbonyl (C=O) groups is 2. The molecule has 0 bridgehead atoms. The summed E-state index contributed by atoms with van der Waals surface area (Å²) < 4.78 is 16.6. The molecule has 1 aliphatic heterocycles. The van der Waals surface area contributed by atoms with Crippen molar-refractivity contribution in [2.24, 2.45) is 0 Å². The maximum absolute atomic E-state index is 13.5. The van der Waals surface area contributed by atoms with Gasteiger partial charge in [0.15, 0.2) is 0 Å². The van der Waals surface area contributed by atoms with Crippen LogP contribution in [0.2, 0.25) is 5.02 Å². The molecule has 3 rings (SSSR count). The first-order valence-electron chi connectivity index (χ1n) is 11.0. The first-order chi connectivity index (χ1) is 15.4. The van der Waals surface area contributed by atoms with E-state index in [2.05, 4.69) is 5.32 Å². The molecule has 172 valence electrons. The van der Waals surface area contributed by atoms with Crippen molar-refractivity contribution in [3.05, 3.63) is 58.6 Å². The van der Waals surface area contributed by atoms with Crippen LogP contribution in [-0.4, -0.2) is 37.8 Å². The van der Waals surface area contributed by atoms with Gasteiger partial charge in [-0.1, -0.05) is 30.7 Å². The van der Waals surface area contributed by atoms with Crippen molar-refractivity contribution in [3.8, 4) is 5.75 Å². The molecule has 1 saturated heterocycles. The van der Waals surface area contributed by atoms with Gasteiger partial charge in [-0.15, -0.1) is 0 Å². The third-order valence-corrected chi connectivity index (χ3v) is 6.07. The molecule has 0 aromatic heterocycles. The summed E-state index contributed by atoms with van der Waals surface area (Å²) in [6.07, 6.45) is 1.85. The van der Waals surface area contributed by atoms with Crippen LogP contribution in [0.15, 0.2) is 42.5 Å². The first kappa shape index (κ1) is 24.1. The third kappa shape index (κ3) is 5.43. The second-order valence-electron chi connectivity index (χ2n) is 7.92. The highest BCUT2D eigenvalue weighted by molar-refractivity contribution is 6.30. The summed E-state index contributed by atoms with van der Waals surface area (Å²) in [4.78, 5) is 26.1. The van der Waals surface area contributed by atoms with Crippen LogP contribution in [-0.2, 0) is 19.7 Å². The molecular weight excluding hydrogens is 430 g/mol. The average molecular weight is 460 g/mol. The Morgan fingerprint density at radius 1 is 1.12 bits per heavy atom. The van der Waals surface area contributed by atoms with Crippen molar-refractivity contribution in [2.45, 2.75) is 51.6 Å². The summed E-state index contributed by atoms with van der Waals surface area (Å²) in [5, 5.41) is 3.62. The van der Waals surface area contributed by atoms with Crippen LogP contribution in [0.25, 0.3) is 0 Å². The van der Waals surface area contributed by atoms with Crippen LogP contribution in [0.1, 0.15) is 56.0 Å². The Morgan fingerprint density at radius 2 is 1.81 bits per heavy atom. The number of rotatable bonds is 8. The number of hydrogen-bond acceptors (Lipinski definition) is 5. The van der Waals surface area contributed by atoms with E-state index in [0.717, 1.165) is 12.0 Å². The lowest BCUT2D eigenvalue weighted by Gasteiger charge is -2.36. The van der Waals surface area contributed by atoms with Gasteiger partial charge in [0.25, 0.3) is 0 Å². The number of nitrogens with one attached hydrogen (secondary N) is 1. The van der Waals surface area contributed by atoms with Crippen LogP contribution < -0.4 is 10.1 Å². The van der Waals surface area contributed by atoms with E-state index in [1.807, 2.05) is 26.0 Å². The van der Waals surface area contributed by atoms with E-state index in [4.69, 9.17) is 25.8 Å². The molecular formula is C25H30ClNO5. The maximum atomic E-state index is 13.5. The van der Waals surface area contributed by atoms with Crippen LogP contribution >= 0.6 is 11.6 Å². The average Bonchev–Trinajstić information content (AvgIpc) is 2.80. The molecule has 1 atom stereocenters. The Kier molecular flexibility index (Phi) is 8.15. The number of halogens is 1. The Labute approximate surface area is 194 Å². The lowest BCUT2D eigenvalue weighted by Crippen LogP contribution is -2.44. The van der Waals surface area contributed by atoms with Gasteiger partial charge in [0, 0.05) is 23.9 Å². The molecule has 7 heteroatoms. The second-order valence-corrected chi connectivity index (χ2v) is 8.36. The minimum absolute atomic E-state index is 0.0565. The Morgan fingerprint density at radius 3 is 2.44 bits per heavy atom. The van der Waals surface area contributed by atoms with E-state index < -0.39 is 11.4 Å². The van der Waals surface area contributed by atoms with Crippen molar-refractivity contribution in [2.75, 3.05) is 25.1 Å². The number of hydrogen-bond donors (Lipinski definition) is 1. The summed E-state index contributed by atoms with van der Waals surface area (Å²) in [6.45, 7) is 6.92. The number of anilines is 1. The molecule has 2 aromatic carbocycles. The standard InChI is InChI=1S/C25H30ClNO5/c1-4-17(3)32-22-11-10-20(16-21(22)23(28)31-5-2)27-24(29)25(12-14-30-15-13-25)18-6-8-19(26)9-7-18/h6-11,16-17H,4-5,12-15H2,1-3H3,(H,27,29)/t17-/m1/s1. The van der Waals surface area contributed by atoms with E-state index in [-0.39, 0.29) is 24.2 Å². The van der Waals surface area contributed by atoms with Crippen molar-refractivity contribution in [1.29, 1.82) is 0 Å². The zero-order valence-corrected chi connectivity index (χ0v) is 19.5. The molecule has 0 saturated carbocycles. The van der Waals surface area contributed by atoms with Crippen molar-refractivity contribution in [3.63, 3.8) is 0 Å². The third-order valence-electron chi connectivity index (χ3n) is 5.81. The minimum Gasteiger partial charge on any atom is -0.490 e. The van der Waals surface area contributed by atoms with Gasteiger partial charge in [0.05, 0.1) is 18.1 Å². The fourth-order valence-electron chi connectivity index (χ4n) is 3.77. The normalized spacial score (nSPS) is 16.1. The van der Waals surface area contributed by atoms with Gasteiger partial charge in [0.1, 0.15) is 11.3 Å². The van der Waals surface area contributed by atoms with E-state index in [0.29, 0.717) is 42.5 Å². The molecule has 0 radical (unpaired) electrons. The summed E-state index contributed by atoms with van der Waals surface area (Å²) in [5.74, 6) is -0.191. The predicted octanol–water partition coefficient (Wildman–Crippen LogP) is 5.38. The molecule has 0 spiro atoms. The Bertz CT molecular complexity index is 938. The minimum atomic E-state index is -0.737. The predicted molar refractivity (Wildman–Crippen MR) is 125 cm³/mol. The molecule has 0 aliphatic carbocycles. The van der Waals surface area contributed by atoms with Gasteiger partial charge in [-0.2, -0.15) is 0 Å². The van der Waals surface area contributed by atoms with Gasteiger partial charge < -0.3 is 19.5 Å². The number of ether oxygens (including phenoxy) is 3. The van der Waals surface area contributed by atoms with E-state index >= 15 is 0 Å². The van der Waals surface area contributed by atoms with Crippen molar-refractivity contribution < 1.29 is 23.8 Å².